The van der Waals surface area contributed by atoms with Gasteiger partial charge in [-0.25, -0.2) is 9.97 Å². The second kappa shape index (κ2) is 13.7. The first-order valence-electron chi connectivity index (χ1n) is 14.1. The number of aromatic nitrogens is 2. The van der Waals surface area contributed by atoms with E-state index in [0.29, 0.717) is 56.4 Å². The molecule has 0 unspecified atom stereocenters. The van der Waals surface area contributed by atoms with Gasteiger partial charge in [0, 0.05) is 83.7 Å². The molecule has 1 aromatic rings. The van der Waals surface area contributed by atoms with E-state index in [2.05, 4.69) is 62.2 Å². The molecule has 10 heteroatoms. The minimum absolute atomic E-state index is 0.0799. The number of nitrogens with one attached hydrogen (secondary N) is 2. The van der Waals surface area contributed by atoms with Gasteiger partial charge >= 0.3 is 0 Å². The molecule has 3 rings (SSSR count). The highest BCUT2D eigenvalue weighted by atomic mass is 16.5. The summed E-state index contributed by atoms with van der Waals surface area (Å²) >= 11 is 0. The highest BCUT2D eigenvalue weighted by Crippen LogP contribution is 2.26. The van der Waals surface area contributed by atoms with Crippen LogP contribution in [-0.2, 0) is 14.9 Å². The maximum absolute atomic E-state index is 14.1. The number of likely N-dealkylation sites (N-methyl/N-ethyl adjacent to an activating group) is 1. The van der Waals surface area contributed by atoms with Crippen LogP contribution in [0.2, 0.25) is 0 Å². The van der Waals surface area contributed by atoms with E-state index in [0.717, 1.165) is 32.6 Å². The topological polar surface area (TPSA) is 103 Å². The van der Waals surface area contributed by atoms with Crippen molar-refractivity contribution in [1.82, 2.24) is 30.0 Å². The fourth-order valence-corrected chi connectivity index (χ4v) is 5.03. The van der Waals surface area contributed by atoms with Gasteiger partial charge in [-0.15, -0.1) is 0 Å². The maximum atomic E-state index is 14.1. The molecular formula is C28H49N7O3. The lowest BCUT2D eigenvalue weighted by Crippen LogP contribution is -2.56. The fraction of sp³-hybridized carbons (Fsp3) is 0.786. The second-order valence-corrected chi connectivity index (χ2v) is 12.2. The smallest absolute Gasteiger partial charge is 0.259 e. The Kier molecular flexibility index (Phi) is 10.9. The largest absolute Gasteiger partial charge is 0.385 e. The van der Waals surface area contributed by atoms with Crippen LogP contribution in [0.1, 0.15) is 63.6 Å². The Hall–Kier alpha value is -2.30. The summed E-state index contributed by atoms with van der Waals surface area (Å²) in [6.07, 6.45) is 3.14. The molecule has 1 aromatic heterocycles. The zero-order chi connectivity index (χ0) is 27.9. The van der Waals surface area contributed by atoms with Gasteiger partial charge in [-0.05, 0) is 25.8 Å². The summed E-state index contributed by atoms with van der Waals surface area (Å²) in [5, 5.41) is 6.82. The number of amides is 2. The predicted molar refractivity (Wildman–Crippen MR) is 150 cm³/mol. The van der Waals surface area contributed by atoms with Gasteiger partial charge in [-0.1, -0.05) is 34.6 Å². The van der Waals surface area contributed by atoms with Crippen molar-refractivity contribution in [3.8, 4) is 0 Å². The summed E-state index contributed by atoms with van der Waals surface area (Å²) < 4.78 is 5.19. The van der Waals surface area contributed by atoms with E-state index < -0.39 is 0 Å². The molecule has 0 aliphatic carbocycles. The van der Waals surface area contributed by atoms with Crippen LogP contribution < -0.4 is 10.6 Å². The molecule has 2 aliphatic rings. The normalized spacial score (nSPS) is 21.0. The highest BCUT2D eigenvalue weighted by Gasteiger charge is 2.36. The molecule has 3 heterocycles. The number of ether oxygens (including phenoxy) is 1. The average Bonchev–Trinajstić information content (AvgIpc) is 2.89. The minimum Gasteiger partial charge on any atom is -0.385 e. The summed E-state index contributed by atoms with van der Waals surface area (Å²) in [6, 6.07) is -0.0799. The van der Waals surface area contributed by atoms with Crippen LogP contribution in [0.3, 0.4) is 0 Å². The molecule has 0 aromatic carbocycles. The monoisotopic (exact) mass is 531 g/mol. The van der Waals surface area contributed by atoms with Crippen LogP contribution in [0, 0.1) is 11.8 Å². The standard InChI is InChI=1S/C28H49N7O3/c1-20(2)19-35(22-15-21(16-29-17-22)25(36)34-12-10-33(6)11-13-34)26(37)23-18-31-27(28(3,4)5)32-24(23)30-9-8-14-38-7/h18,20-22,29H,8-17,19H2,1-7H3,(H,30,31,32)/t21-,22+/m1/s1. The van der Waals surface area contributed by atoms with E-state index in [1.54, 1.807) is 13.3 Å². The molecule has 0 saturated carbocycles. The van der Waals surface area contributed by atoms with Crippen molar-refractivity contribution >= 4 is 17.6 Å². The van der Waals surface area contributed by atoms with E-state index in [1.165, 1.54) is 0 Å². The Balaban J connectivity index is 1.83. The summed E-state index contributed by atoms with van der Waals surface area (Å²) in [7, 11) is 3.77. The quantitative estimate of drug-likeness (QED) is 0.443. The van der Waals surface area contributed by atoms with Crippen LogP contribution >= 0.6 is 0 Å². The van der Waals surface area contributed by atoms with E-state index in [-0.39, 0.29) is 35.1 Å². The van der Waals surface area contributed by atoms with Crippen LogP contribution in [0.4, 0.5) is 5.82 Å². The lowest BCUT2D eigenvalue weighted by molar-refractivity contribution is -0.138. The summed E-state index contributed by atoms with van der Waals surface area (Å²) in [5.41, 5.74) is 0.232. The van der Waals surface area contributed by atoms with Crippen LogP contribution in [0.5, 0.6) is 0 Å². The lowest BCUT2D eigenvalue weighted by atomic mass is 9.92. The zero-order valence-electron chi connectivity index (χ0n) is 24.5. The number of nitrogens with zero attached hydrogens (tertiary/aromatic N) is 5. The molecule has 2 atom stereocenters. The van der Waals surface area contributed by atoms with Gasteiger partial charge in [-0.2, -0.15) is 0 Å². The van der Waals surface area contributed by atoms with Crippen molar-refractivity contribution in [1.29, 1.82) is 0 Å². The van der Waals surface area contributed by atoms with Gasteiger partial charge in [-0.3, -0.25) is 9.59 Å². The number of methoxy groups -OCH3 is 1. The maximum Gasteiger partial charge on any atom is 0.259 e. The number of piperazine rings is 1. The van der Waals surface area contributed by atoms with Crippen molar-refractivity contribution in [3.63, 3.8) is 0 Å². The SMILES string of the molecule is COCCCNc1nc(C(C)(C)C)ncc1C(=O)N(CC(C)C)[C@@H]1CNC[C@H](C(=O)N2CCN(C)CC2)C1. The van der Waals surface area contributed by atoms with E-state index in [9.17, 15) is 9.59 Å². The molecule has 214 valence electrons. The molecule has 0 radical (unpaired) electrons. The summed E-state index contributed by atoms with van der Waals surface area (Å²) in [5.74, 6) is 1.51. The molecule has 2 N–H and O–H groups in total. The number of piperidine rings is 1. The van der Waals surface area contributed by atoms with Crippen molar-refractivity contribution in [2.75, 3.05) is 78.4 Å². The number of anilines is 1. The van der Waals surface area contributed by atoms with Crippen LogP contribution in [-0.4, -0.2) is 116 Å². The molecule has 2 fully saturated rings. The molecule has 10 nitrogen and oxygen atoms in total. The third-order valence-electron chi connectivity index (χ3n) is 7.26. The van der Waals surface area contributed by atoms with Crippen molar-refractivity contribution in [2.24, 2.45) is 11.8 Å². The van der Waals surface area contributed by atoms with E-state index >= 15 is 0 Å². The highest BCUT2D eigenvalue weighted by molar-refractivity contribution is 5.98. The second-order valence-electron chi connectivity index (χ2n) is 12.2. The Bertz CT molecular complexity index is 926. The molecule has 2 saturated heterocycles. The number of hydrogen-bond donors (Lipinski definition) is 2. The Morgan fingerprint density at radius 3 is 2.55 bits per heavy atom. The molecule has 2 amide bonds. The molecule has 0 bridgehead atoms. The minimum atomic E-state index is -0.244. The first kappa shape index (κ1) is 30.2. The Morgan fingerprint density at radius 1 is 1.21 bits per heavy atom. The van der Waals surface area contributed by atoms with Gasteiger partial charge in [0.1, 0.15) is 17.2 Å². The van der Waals surface area contributed by atoms with Gasteiger partial charge in [0.2, 0.25) is 5.91 Å². The predicted octanol–water partition coefficient (Wildman–Crippen LogP) is 2.07. The molecule has 0 spiro atoms. The number of rotatable bonds is 10. The molecule has 2 aliphatic heterocycles. The lowest BCUT2D eigenvalue weighted by Gasteiger charge is -2.41. The van der Waals surface area contributed by atoms with Gasteiger partial charge in [0.05, 0.1) is 5.92 Å². The third-order valence-corrected chi connectivity index (χ3v) is 7.26. The fourth-order valence-electron chi connectivity index (χ4n) is 5.03. The number of carbonyl (C=O) groups excluding carboxylic acids is 2. The Labute approximate surface area is 228 Å². The van der Waals surface area contributed by atoms with Crippen LogP contribution in [0.25, 0.3) is 0 Å². The molecule has 38 heavy (non-hydrogen) atoms. The molecular weight excluding hydrogens is 482 g/mol. The van der Waals surface area contributed by atoms with Gasteiger partial charge < -0.3 is 30.1 Å². The number of hydrogen-bond acceptors (Lipinski definition) is 8. The van der Waals surface area contributed by atoms with Crippen molar-refractivity contribution < 1.29 is 14.3 Å². The summed E-state index contributed by atoms with van der Waals surface area (Å²) in [6.45, 7) is 17.0. The zero-order valence-corrected chi connectivity index (χ0v) is 24.5. The van der Waals surface area contributed by atoms with E-state index in [4.69, 9.17) is 9.72 Å². The van der Waals surface area contributed by atoms with Crippen molar-refractivity contribution in [3.05, 3.63) is 17.6 Å². The van der Waals surface area contributed by atoms with Crippen LogP contribution in [0.15, 0.2) is 6.20 Å². The van der Waals surface area contributed by atoms with Crippen molar-refractivity contribution in [2.45, 2.75) is 58.9 Å². The first-order chi connectivity index (χ1) is 18.0. The third kappa shape index (κ3) is 8.10. The Morgan fingerprint density at radius 2 is 1.92 bits per heavy atom. The average molecular weight is 532 g/mol. The van der Waals surface area contributed by atoms with E-state index in [1.807, 2.05) is 9.80 Å². The number of carbonyl (C=O) groups is 2. The van der Waals surface area contributed by atoms with Gasteiger partial charge in [0.25, 0.3) is 5.91 Å². The first-order valence-corrected chi connectivity index (χ1v) is 14.1. The van der Waals surface area contributed by atoms with Gasteiger partial charge in [0.15, 0.2) is 0 Å². The summed E-state index contributed by atoms with van der Waals surface area (Å²) in [4.78, 5) is 43.1.